The second-order valence-electron chi connectivity index (χ2n) is 7.10. The van der Waals surface area contributed by atoms with Crippen LogP contribution in [0.1, 0.15) is 10.4 Å². The smallest absolute Gasteiger partial charge is 0.279 e. The first-order valence-electron chi connectivity index (χ1n) is 9.95. The van der Waals surface area contributed by atoms with Gasteiger partial charge in [0.05, 0.1) is 34.9 Å². The maximum atomic E-state index is 12.9. The van der Waals surface area contributed by atoms with Crippen LogP contribution < -0.4 is 4.80 Å². The zero-order valence-electron chi connectivity index (χ0n) is 17.4. The number of rotatable bonds is 6. The number of carbonyl (C=O) groups is 1. The number of methoxy groups -OCH3 is 1. The van der Waals surface area contributed by atoms with Gasteiger partial charge in [0.1, 0.15) is 0 Å². The van der Waals surface area contributed by atoms with Gasteiger partial charge in [-0.2, -0.15) is 9.30 Å². The van der Waals surface area contributed by atoms with Crippen LogP contribution >= 0.6 is 27.3 Å². The van der Waals surface area contributed by atoms with E-state index >= 15 is 0 Å². The number of carbonyl (C=O) groups excluding carboxylic acids is 1. The lowest BCUT2D eigenvalue weighted by Crippen LogP contribution is -2.40. The van der Waals surface area contributed by atoms with Crippen LogP contribution in [0.4, 0.5) is 0 Å². The highest BCUT2D eigenvalue weighted by Crippen LogP contribution is 2.23. The van der Waals surface area contributed by atoms with Crippen LogP contribution in [-0.2, 0) is 26.0 Å². The van der Waals surface area contributed by atoms with Crippen molar-refractivity contribution < 1.29 is 22.7 Å². The van der Waals surface area contributed by atoms with Crippen LogP contribution in [0.15, 0.2) is 56.8 Å². The highest BCUT2D eigenvalue weighted by molar-refractivity contribution is 9.10. The molecule has 170 valence electrons. The van der Waals surface area contributed by atoms with Gasteiger partial charge in [-0.05, 0) is 42.5 Å². The molecule has 3 aromatic rings. The third-order valence-electron chi connectivity index (χ3n) is 5.07. The Morgan fingerprint density at radius 3 is 2.59 bits per heavy atom. The van der Waals surface area contributed by atoms with Gasteiger partial charge >= 0.3 is 0 Å². The standard InChI is InChI=1S/C21H22BrN3O5S2/c1-29-11-10-25-18-7-4-16(22)14-19(18)31-21(25)23-20(26)15-2-5-17(6-3-15)32(27,28)24-8-12-30-13-9-24/h2-7,14H,8-13H2,1H3. The van der Waals surface area contributed by atoms with E-state index in [0.29, 0.717) is 49.8 Å². The predicted molar refractivity (Wildman–Crippen MR) is 125 cm³/mol. The van der Waals surface area contributed by atoms with E-state index in [4.69, 9.17) is 9.47 Å². The molecule has 0 atom stereocenters. The lowest BCUT2D eigenvalue weighted by Gasteiger charge is -2.26. The molecule has 1 aliphatic rings. The fourth-order valence-electron chi connectivity index (χ4n) is 3.39. The zero-order valence-corrected chi connectivity index (χ0v) is 20.6. The first-order chi connectivity index (χ1) is 15.4. The fourth-order valence-corrected chi connectivity index (χ4v) is 6.40. The molecule has 0 bridgehead atoms. The second kappa shape index (κ2) is 9.94. The molecule has 0 saturated carbocycles. The molecule has 1 aromatic heterocycles. The Bertz CT molecular complexity index is 1290. The lowest BCUT2D eigenvalue weighted by atomic mass is 10.2. The minimum atomic E-state index is -3.61. The van der Waals surface area contributed by atoms with E-state index < -0.39 is 15.9 Å². The number of nitrogens with zero attached hydrogens (tertiary/aromatic N) is 3. The maximum Gasteiger partial charge on any atom is 0.279 e. The van der Waals surface area contributed by atoms with E-state index in [1.54, 1.807) is 7.11 Å². The summed E-state index contributed by atoms with van der Waals surface area (Å²) in [7, 11) is -1.99. The minimum Gasteiger partial charge on any atom is -0.383 e. The zero-order chi connectivity index (χ0) is 22.7. The summed E-state index contributed by atoms with van der Waals surface area (Å²) < 4.78 is 41.3. The third-order valence-corrected chi connectivity index (χ3v) is 8.52. The topological polar surface area (TPSA) is 90.2 Å². The van der Waals surface area contributed by atoms with Crippen LogP contribution in [-0.4, -0.2) is 63.2 Å². The molecule has 1 aliphatic heterocycles. The number of sulfonamides is 1. The van der Waals surface area contributed by atoms with Gasteiger partial charge in [0.2, 0.25) is 10.0 Å². The van der Waals surface area contributed by atoms with E-state index in [-0.39, 0.29) is 4.90 Å². The number of amides is 1. The highest BCUT2D eigenvalue weighted by Gasteiger charge is 2.26. The molecule has 0 spiro atoms. The van der Waals surface area contributed by atoms with Crippen molar-refractivity contribution in [3.8, 4) is 0 Å². The molecule has 8 nitrogen and oxygen atoms in total. The van der Waals surface area contributed by atoms with E-state index in [2.05, 4.69) is 20.9 Å². The summed E-state index contributed by atoms with van der Waals surface area (Å²) in [5.41, 5.74) is 1.29. The number of hydrogen-bond donors (Lipinski definition) is 0. The van der Waals surface area contributed by atoms with Crippen molar-refractivity contribution in [3.05, 3.63) is 57.3 Å². The van der Waals surface area contributed by atoms with Crippen LogP contribution in [0.25, 0.3) is 10.2 Å². The van der Waals surface area contributed by atoms with Crippen LogP contribution in [0.5, 0.6) is 0 Å². The lowest BCUT2D eigenvalue weighted by molar-refractivity contribution is 0.0730. The van der Waals surface area contributed by atoms with Crippen molar-refractivity contribution in [1.29, 1.82) is 0 Å². The summed E-state index contributed by atoms with van der Waals surface area (Å²) in [5.74, 6) is -0.433. The van der Waals surface area contributed by atoms with E-state index in [0.717, 1.165) is 14.7 Å². The molecule has 32 heavy (non-hydrogen) atoms. The van der Waals surface area contributed by atoms with Crippen LogP contribution in [0.3, 0.4) is 0 Å². The van der Waals surface area contributed by atoms with Gasteiger partial charge in [0.25, 0.3) is 5.91 Å². The Balaban J connectivity index is 1.64. The predicted octanol–water partition coefficient (Wildman–Crippen LogP) is 2.87. The van der Waals surface area contributed by atoms with Gasteiger partial charge in [0.15, 0.2) is 4.80 Å². The van der Waals surface area contributed by atoms with Crippen LogP contribution in [0, 0.1) is 0 Å². The molecule has 0 unspecified atom stereocenters. The van der Waals surface area contributed by atoms with Crippen molar-refractivity contribution in [3.63, 3.8) is 0 Å². The number of ether oxygens (including phenoxy) is 2. The van der Waals surface area contributed by atoms with Crippen LogP contribution in [0.2, 0.25) is 0 Å². The Morgan fingerprint density at radius 2 is 1.91 bits per heavy atom. The quantitative estimate of drug-likeness (QED) is 0.480. The molecule has 1 fully saturated rings. The number of halogens is 1. The van der Waals surface area contributed by atoms with Gasteiger partial charge in [-0.1, -0.05) is 27.3 Å². The normalized spacial score (nSPS) is 16.0. The van der Waals surface area contributed by atoms with Gasteiger partial charge in [-0.3, -0.25) is 4.79 Å². The van der Waals surface area contributed by atoms with E-state index in [1.165, 1.54) is 39.9 Å². The first-order valence-corrected chi connectivity index (χ1v) is 13.0. The molecule has 2 heterocycles. The Labute approximate surface area is 198 Å². The maximum absolute atomic E-state index is 12.9. The molecular weight excluding hydrogens is 518 g/mol. The van der Waals surface area contributed by atoms with Crippen molar-refractivity contribution in [2.75, 3.05) is 40.0 Å². The van der Waals surface area contributed by atoms with Gasteiger partial charge < -0.3 is 14.0 Å². The summed E-state index contributed by atoms with van der Waals surface area (Å²) in [4.78, 5) is 17.9. The molecule has 11 heteroatoms. The molecule has 2 aromatic carbocycles. The number of aromatic nitrogens is 1. The number of hydrogen-bond acceptors (Lipinski definition) is 6. The van der Waals surface area contributed by atoms with Crippen molar-refractivity contribution >= 4 is 53.4 Å². The summed E-state index contributed by atoms with van der Waals surface area (Å²) in [5, 5.41) is 0. The van der Waals surface area contributed by atoms with Gasteiger partial charge in [-0.25, -0.2) is 8.42 Å². The Kier molecular flexibility index (Phi) is 7.23. The molecule has 1 saturated heterocycles. The molecule has 4 rings (SSSR count). The van der Waals surface area contributed by atoms with Gasteiger partial charge in [-0.15, -0.1) is 0 Å². The minimum absolute atomic E-state index is 0.151. The number of thiazole rings is 1. The average Bonchev–Trinajstić information content (AvgIpc) is 3.14. The van der Waals surface area contributed by atoms with Crippen molar-refractivity contribution in [2.24, 2.45) is 4.99 Å². The molecule has 1 amide bonds. The second-order valence-corrected chi connectivity index (χ2v) is 11.0. The largest absolute Gasteiger partial charge is 0.383 e. The first kappa shape index (κ1) is 23.3. The number of benzene rings is 2. The Hall–Kier alpha value is -1.89. The SMILES string of the molecule is COCCn1c(=NC(=O)c2ccc(S(=O)(=O)N3CCOCC3)cc2)sc2cc(Br)ccc21. The number of fused-ring (bicyclic) bond motifs is 1. The monoisotopic (exact) mass is 539 g/mol. The average molecular weight is 540 g/mol. The third kappa shape index (κ3) is 4.87. The number of morpholine rings is 1. The van der Waals surface area contributed by atoms with Gasteiger partial charge in [0, 0.05) is 36.8 Å². The summed E-state index contributed by atoms with van der Waals surface area (Å²) in [6.45, 7) is 2.44. The van der Waals surface area contributed by atoms with Crippen molar-refractivity contribution in [2.45, 2.75) is 11.4 Å². The molecule has 0 N–H and O–H groups in total. The molecular formula is C21H22BrN3O5S2. The molecule has 0 radical (unpaired) electrons. The van der Waals surface area contributed by atoms with E-state index in [1.807, 2.05) is 22.8 Å². The van der Waals surface area contributed by atoms with Crippen molar-refractivity contribution in [1.82, 2.24) is 8.87 Å². The fraction of sp³-hybridized carbons (Fsp3) is 0.333. The summed E-state index contributed by atoms with van der Waals surface area (Å²) >= 11 is 4.89. The summed E-state index contributed by atoms with van der Waals surface area (Å²) in [6, 6.07) is 11.8. The van der Waals surface area contributed by atoms with E-state index in [9.17, 15) is 13.2 Å². The molecule has 0 aliphatic carbocycles. The highest BCUT2D eigenvalue weighted by atomic mass is 79.9. The summed E-state index contributed by atoms with van der Waals surface area (Å²) in [6.07, 6.45) is 0. The Morgan fingerprint density at radius 1 is 1.19 bits per heavy atom.